The van der Waals surface area contributed by atoms with E-state index in [1.807, 2.05) is 4.90 Å². The standard InChI is InChI=1S/C25H25F2N3O4S/c1-34-14-13-28-9-11-29(12-10-28)23(31)18-7-5-17(6-8-18)15-22-24(32)30(25(33)35-22)16-19-20(26)3-2-4-21(19)27/h2-8,15H,9-14,16H2,1H3/b22-15-. The minimum absolute atomic E-state index is 0.0600. The highest BCUT2D eigenvalue weighted by Gasteiger charge is 2.36. The van der Waals surface area contributed by atoms with Crippen LogP contribution < -0.4 is 0 Å². The van der Waals surface area contributed by atoms with Crippen LogP contribution >= 0.6 is 11.8 Å². The molecule has 2 aliphatic heterocycles. The maximum absolute atomic E-state index is 14.0. The fourth-order valence-corrected chi connectivity index (χ4v) is 4.77. The Kier molecular flexibility index (Phi) is 7.94. The first-order valence-electron chi connectivity index (χ1n) is 11.2. The predicted molar refractivity (Wildman–Crippen MR) is 129 cm³/mol. The van der Waals surface area contributed by atoms with E-state index in [0.29, 0.717) is 42.6 Å². The van der Waals surface area contributed by atoms with E-state index >= 15 is 0 Å². The van der Waals surface area contributed by atoms with Gasteiger partial charge in [-0.15, -0.1) is 0 Å². The average Bonchev–Trinajstić information content (AvgIpc) is 3.12. The van der Waals surface area contributed by atoms with Crippen LogP contribution in [-0.2, 0) is 16.1 Å². The van der Waals surface area contributed by atoms with Crippen LogP contribution in [-0.4, -0.2) is 78.2 Å². The smallest absolute Gasteiger partial charge is 0.293 e. The van der Waals surface area contributed by atoms with Crippen LogP contribution in [0, 0.1) is 11.6 Å². The molecule has 2 aliphatic rings. The third-order valence-corrected chi connectivity index (χ3v) is 6.89. The summed E-state index contributed by atoms with van der Waals surface area (Å²) in [7, 11) is 1.67. The number of hydrogen-bond acceptors (Lipinski definition) is 6. The Morgan fingerprint density at radius 3 is 2.31 bits per heavy atom. The van der Waals surface area contributed by atoms with Crippen molar-refractivity contribution in [2.24, 2.45) is 0 Å². The molecule has 0 radical (unpaired) electrons. The maximum Gasteiger partial charge on any atom is 0.293 e. The molecule has 10 heteroatoms. The molecule has 2 heterocycles. The van der Waals surface area contributed by atoms with Gasteiger partial charge in [0.1, 0.15) is 11.6 Å². The SMILES string of the molecule is COCCN1CCN(C(=O)c2ccc(/C=C3\SC(=O)N(Cc4c(F)cccc4F)C3=O)cc2)CC1. The first kappa shape index (κ1) is 25.0. The first-order valence-corrected chi connectivity index (χ1v) is 12.0. The van der Waals surface area contributed by atoms with E-state index in [-0.39, 0.29) is 16.4 Å². The molecule has 0 N–H and O–H groups in total. The summed E-state index contributed by atoms with van der Waals surface area (Å²) in [6.07, 6.45) is 1.53. The van der Waals surface area contributed by atoms with Gasteiger partial charge in [0.2, 0.25) is 0 Å². The van der Waals surface area contributed by atoms with Gasteiger partial charge in [0, 0.05) is 51.0 Å². The first-order chi connectivity index (χ1) is 16.9. The molecule has 184 valence electrons. The largest absolute Gasteiger partial charge is 0.383 e. The maximum atomic E-state index is 14.0. The minimum atomic E-state index is -0.815. The van der Waals surface area contributed by atoms with Gasteiger partial charge < -0.3 is 9.64 Å². The molecule has 0 spiro atoms. The summed E-state index contributed by atoms with van der Waals surface area (Å²) >= 11 is 0.711. The number of ether oxygens (including phenoxy) is 1. The molecule has 35 heavy (non-hydrogen) atoms. The summed E-state index contributed by atoms with van der Waals surface area (Å²) in [5.41, 5.74) is 0.836. The highest BCUT2D eigenvalue weighted by atomic mass is 32.2. The Hall–Kier alpha value is -3.08. The second kappa shape index (κ2) is 11.1. The van der Waals surface area contributed by atoms with Gasteiger partial charge in [-0.1, -0.05) is 18.2 Å². The van der Waals surface area contributed by atoms with Gasteiger partial charge in [0.25, 0.3) is 17.1 Å². The van der Waals surface area contributed by atoms with Crippen molar-refractivity contribution in [3.05, 3.63) is 75.7 Å². The van der Waals surface area contributed by atoms with Crippen LogP contribution in [0.25, 0.3) is 6.08 Å². The monoisotopic (exact) mass is 501 g/mol. The lowest BCUT2D eigenvalue weighted by Crippen LogP contribution is -2.49. The van der Waals surface area contributed by atoms with Gasteiger partial charge in [-0.3, -0.25) is 24.2 Å². The Bertz CT molecular complexity index is 1130. The van der Waals surface area contributed by atoms with Gasteiger partial charge in [0.05, 0.1) is 18.1 Å². The second-order valence-corrected chi connectivity index (χ2v) is 9.21. The lowest BCUT2D eigenvalue weighted by Gasteiger charge is -2.34. The van der Waals surface area contributed by atoms with E-state index in [1.54, 1.807) is 31.4 Å². The lowest BCUT2D eigenvalue weighted by atomic mass is 10.1. The number of thioether (sulfide) groups is 1. The second-order valence-electron chi connectivity index (χ2n) is 8.22. The van der Waals surface area contributed by atoms with Crippen molar-refractivity contribution in [3.8, 4) is 0 Å². The molecular formula is C25H25F2N3O4S. The molecule has 3 amide bonds. The Balaban J connectivity index is 1.39. The fourth-order valence-electron chi connectivity index (χ4n) is 3.93. The highest BCUT2D eigenvalue weighted by molar-refractivity contribution is 8.18. The Morgan fingerprint density at radius 2 is 1.69 bits per heavy atom. The highest BCUT2D eigenvalue weighted by Crippen LogP contribution is 2.34. The number of benzene rings is 2. The number of hydrogen-bond donors (Lipinski definition) is 0. The summed E-state index contributed by atoms with van der Waals surface area (Å²) < 4.78 is 33.0. The minimum Gasteiger partial charge on any atom is -0.383 e. The van der Waals surface area contributed by atoms with Crippen molar-refractivity contribution in [3.63, 3.8) is 0 Å². The van der Waals surface area contributed by atoms with E-state index in [2.05, 4.69) is 4.90 Å². The fraction of sp³-hybridized carbons (Fsp3) is 0.320. The number of carbonyl (C=O) groups is 3. The molecule has 0 aromatic heterocycles. The zero-order valence-corrected chi connectivity index (χ0v) is 20.0. The number of rotatable bonds is 7. The summed E-state index contributed by atoms with van der Waals surface area (Å²) in [4.78, 5) is 42.9. The number of piperazine rings is 1. The summed E-state index contributed by atoms with van der Waals surface area (Å²) in [5, 5.41) is -0.597. The summed E-state index contributed by atoms with van der Waals surface area (Å²) in [6, 6.07) is 10.2. The molecule has 2 aromatic carbocycles. The van der Waals surface area contributed by atoms with E-state index < -0.39 is 29.3 Å². The summed E-state index contributed by atoms with van der Waals surface area (Å²) in [6.45, 7) is 3.88. The number of imide groups is 1. The van der Waals surface area contributed by atoms with Crippen LogP contribution in [0.5, 0.6) is 0 Å². The van der Waals surface area contributed by atoms with E-state index in [0.717, 1.165) is 36.7 Å². The van der Waals surface area contributed by atoms with E-state index in [9.17, 15) is 23.2 Å². The van der Waals surface area contributed by atoms with Crippen LogP contribution in [0.2, 0.25) is 0 Å². The molecule has 0 unspecified atom stereocenters. The van der Waals surface area contributed by atoms with Crippen molar-refractivity contribution < 1.29 is 27.9 Å². The zero-order chi connectivity index (χ0) is 24.9. The van der Waals surface area contributed by atoms with Gasteiger partial charge in [0.15, 0.2) is 0 Å². The van der Waals surface area contributed by atoms with Crippen LogP contribution in [0.3, 0.4) is 0 Å². The predicted octanol–water partition coefficient (Wildman–Crippen LogP) is 3.61. The number of carbonyl (C=O) groups excluding carboxylic acids is 3. The van der Waals surface area contributed by atoms with Gasteiger partial charge in [-0.05, 0) is 47.7 Å². The number of amides is 3. The molecule has 2 saturated heterocycles. The third-order valence-electron chi connectivity index (χ3n) is 5.98. The Labute approximate surface area is 206 Å². The quantitative estimate of drug-likeness (QED) is 0.540. The topological polar surface area (TPSA) is 70.2 Å². The number of halogens is 2. The molecular weight excluding hydrogens is 476 g/mol. The Morgan fingerprint density at radius 1 is 1.03 bits per heavy atom. The molecule has 4 rings (SSSR count). The number of methoxy groups -OCH3 is 1. The molecule has 2 fully saturated rings. The molecule has 0 atom stereocenters. The molecule has 0 bridgehead atoms. The molecule has 0 aliphatic carbocycles. The average molecular weight is 502 g/mol. The zero-order valence-electron chi connectivity index (χ0n) is 19.2. The van der Waals surface area contributed by atoms with E-state index in [4.69, 9.17) is 4.74 Å². The third kappa shape index (κ3) is 5.77. The van der Waals surface area contributed by atoms with Gasteiger partial charge >= 0.3 is 0 Å². The lowest BCUT2D eigenvalue weighted by molar-refractivity contribution is -0.123. The van der Waals surface area contributed by atoms with Crippen LogP contribution in [0.15, 0.2) is 47.4 Å². The van der Waals surface area contributed by atoms with Crippen LogP contribution in [0.4, 0.5) is 13.6 Å². The van der Waals surface area contributed by atoms with Crippen molar-refractivity contribution in [2.75, 3.05) is 46.4 Å². The molecule has 0 saturated carbocycles. The van der Waals surface area contributed by atoms with Crippen molar-refractivity contribution in [1.29, 1.82) is 0 Å². The van der Waals surface area contributed by atoms with Gasteiger partial charge in [-0.2, -0.15) is 0 Å². The van der Waals surface area contributed by atoms with Crippen molar-refractivity contribution in [2.45, 2.75) is 6.54 Å². The molecule has 7 nitrogen and oxygen atoms in total. The normalized spacial score (nSPS) is 18.1. The van der Waals surface area contributed by atoms with Crippen molar-refractivity contribution >= 4 is 34.9 Å². The summed E-state index contributed by atoms with van der Waals surface area (Å²) in [5.74, 6) is -2.31. The van der Waals surface area contributed by atoms with Crippen LogP contribution in [0.1, 0.15) is 21.5 Å². The van der Waals surface area contributed by atoms with Gasteiger partial charge in [-0.25, -0.2) is 8.78 Å². The number of nitrogens with zero attached hydrogens (tertiary/aromatic N) is 3. The molecule has 2 aromatic rings. The van der Waals surface area contributed by atoms with E-state index in [1.165, 1.54) is 12.1 Å². The van der Waals surface area contributed by atoms with Crippen molar-refractivity contribution in [1.82, 2.24) is 14.7 Å².